The van der Waals surface area contributed by atoms with Gasteiger partial charge in [-0.3, -0.25) is 18.6 Å². The van der Waals surface area contributed by atoms with Crippen LogP contribution in [0, 0.1) is 0 Å². The SMILES string of the molecule is O=C(NCCN1CCOCC1)c1ccc(N(CCc2cccc(Cl)c2Cl)S(=O)O)cc1. The summed E-state index contributed by atoms with van der Waals surface area (Å²) in [6.07, 6.45) is 0.440. The molecule has 0 aromatic heterocycles. The number of ether oxygens (including phenoxy) is 1. The van der Waals surface area contributed by atoms with Gasteiger partial charge in [0, 0.05) is 38.3 Å². The molecule has 2 aromatic rings. The van der Waals surface area contributed by atoms with Crippen molar-refractivity contribution in [1.82, 2.24) is 10.2 Å². The average Bonchev–Trinajstić information content (AvgIpc) is 2.77. The van der Waals surface area contributed by atoms with E-state index < -0.39 is 11.3 Å². The molecule has 10 heteroatoms. The molecule has 3 rings (SSSR count). The van der Waals surface area contributed by atoms with Gasteiger partial charge in [-0.15, -0.1) is 0 Å². The molecule has 0 bridgehead atoms. The predicted octanol–water partition coefficient (Wildman–Crippen LogP) is 3.24. The highest BCUT2D eigenvalue weighted by Crippen LogP contribution is 2.26. The van der Waals surface area contributed by atoms with Gasteiger partial charge < -0.3 is 10.1 Å². The molecule has 2 N–H and O–H groups in total. The van der Waals surface area contributed by atoms with Gasteiger partial charge in [-0.2, -0.15) is 0 Å². The minimum absolute atomic E-state index is 0.179. The van der Waals surface area contributed by atoms with Crippen molar-refractivity contribution in [2.24, 2.45) is 0 Å². The summed E-state index contributed by atoms with van der Waals surface area (Å²) in [7, 11) is 0. The van der Waals surface area contributed by atoms with Gasteiger partial charge in [-0.05, 0) is 42.3 Å². The summed E-state index contributed by atoms with van der Waals surface area (Å²) in [6.45, 7) is 4.78. The third-order valence-corrected chi connectivity index (χ3v) is 6.67. The zero-order chi connectivity index (χ0) is 22.2. The topological polar surface area (TPSA) is 82.1 Å². The summed E-state index contributed by atoms with van der Waals surface area (Å²) < 4.78 is 28.2. The lowest BCUT2D eigenvalue weighted by Crippen LogP contribution is -2.41. The van der Waals surface area contributed by atoms with Crippen LogP contribution in [0.2, 0.25) is 10.0 Å². The zero-order valence-electron chi connectivity index (χ0n) is 16.9. The lowest BCUT2D eigenvalue weighted by molar-refractivity contribution is 0.0383. The molecule has 1 atom stereocenters. The number of benzene rings is 2. The van der Waals surface area contributed by atoms with E-state index in [1.165, 1.54) is 4.31 Å². The van der Waals surface area contributed by atoms with E-state index in [0.29, 0.717) is 34.3 Å². The number of hydrogen-bond donors (Lipinski definition) is 2. The van der Waals surface area contributed by atoms with E-state index in [1.807, 2.05) is 6.07 Å². The van der Waals surface area contributed by atoms with Crippen molar-refractivity contribution in [2.45, 2.75) is 6.42 Å². The van der Waals surface area contributed by atoms with Gasteiger partial charge >= 0.3 is 0 Å². The van der Waals surface area contributed by atoms with Gasteiger partial charge in [-0.1, -0.05) is 35.3 Å². The number of morpholine rings is 1. The molecular formula is C21H25Cl2N3O4S. The second-order valence-corrected chi connectivity index (χ2v) is 8.74. The normalized spacial score (nSPS) is 15.5. The maximum Gasteiger partial charge on any atom is 0.261 e. The molecule has 0 spiro atoms. The number of carbonyl (C=O) groups excluding carboxylic acids is 1. The van der Waals surface area contributed by atoms with E-state index in [-0.39, 0.29) is 12.5 Å². The quantitative estimate of drug-likeness (QED) is 0.532. The molecule has 1 amide bonds. The van der Waals surface area contributed by atoms with Crippen LogP contribution in [0.1, 0.15) is 15.9 Å². The third kappa shape index (κ3) is 6.90. The summed E-state index contributed by atoms with van der Waals surface area (Å²) in [5.41, 5.74) is 1.82. The van der Waals surface area contributed by atoms with Crippen LogP contribution in [0.3, 0.4) is 0 Å². The number of rotatable bonds is 9. The minimum atomic E-state index is -2.22. The summed E-state index contributed by atoms with van der Waals surface area (Å²) >= 11 is 10.0. The van der Waals surface area contributed by atoms with Crippen LogP contribution >= 0.6 is 23.2 Å². The molecule has 1 aliphatic heterocycles. The first-order valence-electron chi connectivity index (χ1n) is 9.95. The van der Waals surface area contributed by atoms with E-state index in [1.54, 1.807) is 36.4 Å². The Morgan fingerprint density at radius 2 is 1.87 bits per heavy atom. The van der Waals surface area contributed by atoms with Crippen LogP contribution in [0.15, 0.2) is 42.5 Å². The number of halogens is 2. The number of carbonyl (C=O) groups is 1. The second-order valence-electron chi connectivity index (χ2n) is 7.05. The first-order chi connectivity index (χ1) is 15.0. The molecule has 7 nitrogen and oxygen atoms in total. The Hall–Kier alpha value is -1.68. The Morgan fingerprint density at radius 3 is 2.55 bits per heavy atom. The van der Waals surface area contributed by atoms with Crippen LogP contribution < -0.4 is 9.62 Å². The van der Waals surface area contributed by atoms with Gasteiger partial charge in [0.1, 0.15) is 0 Å². The molecule has 0 saturated carbocycles. The second kappa shape index (κ2) is 11.8. The number of amides is 1. The maximum atomic E-state index is 12.4. The van der Waals surface area contributed by atoms with E-state index in [4.69, 9.17) is 27.9 Å². The molecule has 1 aliphatic rings. The van der Waals surface area contributed by atoms with Crippen LogP contribution in [-0.2, 0) is 22.4 Å². The van der Waals surface area contributed by atoms with Crippen molar-refractivity contribution in [3.8, 4) is 0 Å². The van der Waals surface area contributed by atoms with Crippen molar-refractivity contribution in [3.05, 3.63) is 63.6 Å². The summed E-state index contributed by atoms with van der Waals surface area (Å²) in [6, 6.07) is 11.9. The number of nitrogens with zero attached hydrogens (tertiary/aromatic N) is 2. The van der Waals surface area contributed by atoms with Gasteiger partial charge in [0.05, 0.1) is 28.9 Å². The molecule has 1 fully saturated rings. The molecule has 0 aliphatic carbocycles. The Bertz CT molecular complexity index is 908. The maximum absolute atomic E-state index is 12.4. The van der Waals surface area contributed by atoms with Crippen LogP contribution in [0.4, 0.5) is 5.69 Å². The zero-order valence-corrected chi connectivity index (χ0v) is 19.3. The minimum Gasteiger partial charge on any atom is -0.379 e. The fraction of sp³-hybridized carbons (Fsp3) is 0.381. The van der Waals surface area contributed by atoms with Gasteiger partial charge in [-0.25, -0.2) is 4.21 Å². The fourth-order valence-electron chi connectivity index (χ4n) is 3.29. The number of anilines is 1. The Labute approximate surface area is 194 Å². The summed E-state index contributed by atoms with van der Waals surface area (Å²) in [4.78, 5) is 14.6. The van der Waals surface area contributed by atoms with Gasteiger partial charge in [0.25, 0.3) is 17.2 Å². The highest BCUT2D eigenvalue weighted by Gasteiger charge is 2.15. The molecule has 31 heavy (non-hydrogen) atoms. The summed E-state index contributed by atoms with van der Waals surface area (Å²) in [5.74, 6) is -0.179. The first kappa shape index (κ1) is 24.0. The molecule has 168 valence electrons. The van der Waals surface area contributed by atoms with E-state index >= 15 is 0 Å². The lowest BCUT2D eigenvalue weighted by Gasteiger charge is -2.26. The highest BCUT2D eigenvalue weighted by atomic mass is 35.5. The molecule has 0 radical (unpaired) electrons. The van der Waals surface area contributed by atoms with Gasteiger partial charge in [0.15, 0.2) is 0 Å². The standard InChI is InChI=1S/C21H25Cl2N3O4S/c22-19-3-1-2-16(20(19)23)8-10-26(31(28)29)18-6-4-17(5-7-18)21(27)24-9-11-25-12-14-30-15-13-25/h1-7H,8-15H2,(H,24,27)(H,28,29). The molecule has 1 unspecified atom stereocenters. The van der Waals surface area contributed by atoms with Crippen molar-refractivity contribution in [3.63, 3.8) is 0 Å². The van der Waals surface area contributed by atoms with Crippen LogP contribution in [-0.4, -0.2) is 65.5 Å². The van der Waals surface area contributed by atoms with Crippen molar-refractivity contribution >= 4 is 46.1 Å². The van der Waals surface area contributed by atoms with E-state index in [0.717, 1.165) is 38.4 Å². The predicted molar refractivity (Wildman–Crippen MR) is 124 cm³/mol. The summed E-state index contributed by atoms with van der Waals surface area (Å²) in [5, 5.41) is 3.79. The molecule has 2 aromatic carbocycles. The van der Waals surface area contributed by atoms with E-state index in [2.05, 4.69) is 10.2 Å². The first-order valence-corrected chi connectivity index (χ1v) is 11.8. The van der Waals surface area contributed by atoms with Crippen LogP contribution in [0.25, 0.3) is 0 Å². The van der Waals surface area contributed by atoms with Gasteiger partial charge in [0.2, 0.25) is 0 Å². The van der Waals surface area contributed by atoms with Crippen molar-refractivity contribution < 1.29 is 18.3 Å². The van der Waals surface area contributed by atoms with Crippen LogP contribution in [0.5, 0.6) is 0 Å². The smallest absolute Gasteiger partial charge is 0.261 e. The monoisotopic (exact) mass is 485 g/mol. The molecule has 1 saturated heterocycles. The average molecular weight is 486 g/mol. The van der Waals surface area contributed by atoms with Crippen molar-refractivity contribution in [1.29, 1.82) is 0 Å². The number of nitrogens with one attached hydrogen (secondary N) is 1. The Morgan fingerprint density at radius 1 is 1.16 bits per heavy atom. The Balaban J connectivity index is 1.56. The number of hydrogen-bond acceptors (Lipinski definition) is 4. The largest absolute Gasteiger partial charge is 0.379 e. The van der Waals surface area contributed by atoms with E-state index in [9.17, 15) is 13.6 Å². The molecular weight excluding hydrogens is 461 g/mol. The Kier molecular flexibility index (Phi) is 9.13. The fourth-order valence-corrected chi connectivity index (χ4v) is 4.26. The molecule has 1 heterocycles. The lowest BCUT2D eigenvalue weighted by atomic mass is 10.1. The van der Waals surface area contributed by atoms with Crippen molar-refractivity contribution in [2.75, 3.05) is 50.2 Å². The third-order valence-electron chi connectivity index (χ3n) is 5.04. The highest BCUT2D eigenvalue weighted by molar-refractivity contribution is 7.80.